The third-order valence-corrected chi connectivity index (χ3v) is 9.79. The van der Waals surface area contributed by atoms with Crippen LogP contribution in [0.3, 0.4) is 0 Å². The molecule has 9 rings (SSSR count). The fourth-order valence-electron chi connectivity index (χ4n) is 6.20. The summed E-state index contributed by atoms with van der Waals surface area (Å²) in [5, 5.41) is 12.9. The molecule has 0 aliphatic carbocycles. The summed E-state index contributed by atoms with van der Waals surface area (Å²) in [6, 6.07) is 53.8. The number of fused-ring (bicyclic) bond motifs is 6. The Hall–Kier alpha value is -6.09. The van der Waals surface area contributed by atoms with E-state index in [0.29, 0.717) is 11.4 Å². The maximum absolute atomic E-state index is 9.12. The minimum atomic E-state index is 0.643. The summed E-state index contributed by atoms with van der Waals surface area (Å²) in [7, 11) is 0. The number of nitriles is 1. The van der Waals surface area contributed by atoms with Crippen LogP contribution in [-0.2, 0) is 0 Å². The van der Waals surface area contributed by atoms with E-state index in [4.69, 9.17) is 15.2 Å². The van der Waals surface area contributed by atoms with Gasteiger partial charge in [-0.15, -0.1) is 11.3 Å². The monoisotopic (exact) mass is 620 g/mol. The van der Waals surface area contributed by atoms with Crippen LogP contribution < -0.4 is 0 Å². The van der Waals surface area contributed by atoms with E-state index in [1.54, 1.807) is 11.3 Å². The van der Waals surface area contributed by atoms with Gasteiger partial charge >= 0.3 is 0 Å². The average molecular weight is 621 g/mol. The van der Waals surface area contributed by atoms with Crippen LogP contribution in [0.1, 0.15) is 11.1 Å². The first-order chi connectivity index (χ1) is 23.2. The summed E-state index contributed by atoms with van der Waals surface area (Å²) in [6.07, 6.45) is 0. The molecule has 0 saturated heterocycles. The van der Waals surface area contributed by atoms with Gasteiger partial charge in [0.2, 0.25) is 0 Å². The Kier molecular flexibility index (Phi) is 7.26. The number of nitrogens with zero attached hydrogens (tertiary/aromatic N) is 4. The SMILES string of the molecule is Cc1cccc2c1sc1c(-c3ccc(C#N)cc3)nc(-c3ccccc3)nc12.c1ccc(-n2c3ccccc3c3ccccc32)cc1. The van der Waals surface area contributed by atoms with Crippen molar-refractivity contribution >= 4 is 53.4 Å². The summed E-state index contributed by atoms with van der Waals surface area (Å²) in [6.45, 7) is 2.13. The molecule has 5 heteroatoms. The Balaban J connectivity index is 0.000000148. The zero-order valence-electron chi connectivity index (χ0n) is 25.6. The predicted molar refractivity (Wildman–Crippen MR) is 196 cm³/mol. The number of para-hydroxylation sites is 3. The van der Waals surface area contributed by atoms with Crippen molar-refractivity contribution in [3.05, 3.63) is 163 Å². The highest BCUT2D eigenvalue weighted by Crippen LogP contribution is 2.40. The average Bonchev–Trinajstić information content (AvgIpc) is 3.69. The van der Waals surface area contributed by atoms with Gasteiger partial charge in [-0.05, 0) is 48.9 Å². The second-order valence-corrected chi connectivity index (χ2v) is 12.4. The standard InChI is InChI=1S/C24H15N3S.C18H13N/c1-15-6-5-9-19-21-23(28-22(15)19)20(17-12-10-16(14-25)11-13-17)26-24(27-21)18-7-3-2-4-8-18;1-2-8-14(9-3-1)19-17-12-6-4-10-15(17)16-11-5-7-13-18(16)19/h2-13H,1H3;1-13H. The van der Waals surface area contributed by atoms with Crippen molar-refractivity contribution in [3.63, 3.8) is 0 Å². The predicted octanol–water partition coefficient (Wildman–Crippen LogP) is 11.1. The van der Waals surface area contributed by atoms with Crippen molar-refractivity contribution in [3.8, 4) is 34.4 Å². The molecule has 0 spiro atoms. The van der Waals surface area contributed by atoms with Crippen LogP contribution >= 0.6 is 11.3 Å². The number of aryl methyl sites for hydroxylation is 1. The number of aromatic nitrogens is 3. The fourth-order valence-corrected chi connectivity index (χ4v) is 7.42. The molecule has 222 valence electrons. The third-order valence-electron chi connectivity index (χ3n) is 8.45. The second-order valence-electron chi connectivity index (χ2n) is 11.4. The lowest BCUT2D eigenvalue weighted by Gasteiger charge is -2.07. The van der Waals surface area contributed by atoms with Gasteiger partial charge in [0, 0.05) is 37.7 Å². The molecule has 0 atom stereocenters. The van der Waals surface area contributed by atoms with Gasteiger partial charge in [0.05, 0.1) is 38.6 Å². The molecule has 0 fully saturated rings. The van der Waals surface area contributed by atoms with Crippen LogP contribution in [0.4, 0.5) is 0 Å². The highest BCUT2D eigenvalue weighted by Gasteiger charge is 2.17. The maximum Gasteiger partial charge on any atom is 0.160 e. The minimum Gasteiger partial charge on any atom is -0.309 e. The number of hydrogen-bond donors (Lipinski definition) is 0. The van der Waals surface area contributed by atoms with Gasteiger partial charge in [0.25, 0.3) is 0 Å². The van der Waals surface area contributed by atoms with Crippen molar-refractivity contribution in [2.24, 2.45) is 0 Å². The molecule has 3 aromatic heterocycles. The molecule has 0 unspecified atom stereocenters. The second kappa shape index (κ2) is 12.0. The van der Waals surface area contributed by atoms with Gasteiger partial charge in [-0.3, -0.25) is 0 Å². The Morgan fingerprint density at radius 3 is 1.81 bits per heavy atom. The van der Waals surface area contributed by atoms with Crippen LogP contribution in [-0.4, -0.2) is 14.5 Å². The zero-order chi connectivity index (χ0) is 31.7. The molecule has 0 amide bonds. The van der Waals surface area contributed by atoms with E-state index in [-0.39, 0.29) is 0 Å². The molecule has 0 N–H and O–H groups in total. The lowest BCUT2D eigenvalue weighted by atomic mass is 10.1. The molecule has 9 aromatic rings. The van der Waals surface area contributed by atoms with E-state index in [2.05, 4.69) is 115 Å². The highest BCUT2D eigenvalue weighted by molar-refractivity contribution is 7.26. The summed E-state index contributed by atoms with van der Waals surface area (Å²) in [5.74, 6) is 0.716. The van der Waals surface area contributed by atoms with Crippen molar-refractivity contribution in [2.45, 2.75) is 6.92 Å². The van der Waals surface area contributed by atoms with Crippen LogP contribution in [0.15, 0.2) is 152 Å². The zero-order valence-corrected chi connectivity index (χ0v) is 26.4. The molecule has 0 aliphatic heterocycles. The van der Waals surface area contributed by atoms with Crippen LogP contribution in [0.25, 0.3) is 70.4 Å². The number of benzene rings is 6. The summed E-state index contributed by atoms with van der Waals surface area (Å²) in [4.78, 5) is 9.88. The van der Waals surface area contributed by atoms with Crippen LogP contribution in [0, 0.1) is 18.3 Å². The smallest absolute Gasteiger partial charge is 0.160 e. The molecule has 0 radical (unpaired) electrons. The quantitative estimate of drug-likeness (QED) is 0.197. The van der Waals surface area contributed by atoms with Gasteiger partial charge < -0.3 is 4.57 Å². The van der Waals surface area contributed by atoms with E-state index in [0.717, 1.165) is 32.4 Å². The number of thiophene rings is 1. The van der Waals surface area contributed by atoms with E-state index >= 15 is 0 Å². The molecule has 4 nitrogen and oxygen atoms in total. The van der Waals surface area contributed by atoms with Gasteiger partial charge in [-0.1, -0.05) is 115 Å². The first-order valence-corrected chi connectivity index (χ1v) is 16.3. The lowest BCUT2D eigenvalue weighted by Crippen LogP contribution is -1.93. The van der Waals surface area contributed by atoms with Crippen molar-refractivity contribution in [1.29, 1.82) is 5.26 Å². The Bertz CT molecular complexity index is 2520. The van der Waals surface area contributed by atoms with E-state index in [1.165, 1.54) is 37.8 Å². The number of hydrogen-bond acceptors (Lipinski definition) is 4. The molecule has 47 heavy (non-hydrogen) atoms. The summed E-state index contributed by atoms with van der Waals surface area (Å²) >= 11 is 1.73. The van der Waals surface area contributed by atoms with E-state index < -0.39 is 0 Å². The maximum atomic E-state index is 9.12. The minimum absolute atomic E-state index is 0.643. The topological polar surface area (TPSA) is 54.5 Å². The molecular weight excluding hydrogens is 593 g/mol. The normalized spacial score (nSPS) is 11.1. The largest absolute Gasteiger partial charge is 0.309 e. The fraction of sp³-hybridized carbons (Fsp3) is 0.0238. The summed E-state index contributed by atoms with van der Waals surface area (Å²) < 4.78 is 4.64. The summed E-state index contributed by atoms with van der Waals surface area (Å²) in [5.41, 5.74) is 9.49. The van der Waals surface area contributed by atoms with Gasteiger partial charge in [-0.2, -0.15) is 5.26 Å². The Morgan fingerprint density at radius 1 is 0.553 bits per heavy atom. The number of rotatable bonds is 3. The first-order valence-electron chi connectivity index (χ1n) is 15.5. The van der Waals surface area contributed by atoms with Crippen LogP contribution in [0.5, 0.6) is 0 Å². The van der Waals surface area contributed by atoms with Crippen molar-refractivity contribution < 1.29 is 0 Å². The van der Waals surface area contributed by atoms with Crippen molar-refractivity contribution in [1.82, 2.24) is 14.5 Å². The van der Waals surface area contributed by atoms with Gasteiger partial charge in [-0.25, -0.2) is 9.97 Å². The highest BCUT2D eigenvalue weighted by atomic mass is 32.1. The Labute approximate surface area is 276 Å². The van der Waals surface area contributed by atoms with E-state index in [1.807, 2.05) is 54.6 Å². The third kappa shape index (κ3) is 5.11. The van der Waals surface area contributed by atoms with Crippen molar-refractivity contribution in [2.75, 3.05) is 0 Å². The van der Waals surface area contributed by atoms with Crippen LogP contribution in [0.2, 0.25) is 0 Å². The van der Waals surface area contributed by atoms with Gasteiger partial charge in [0.15, 0.2) is 5.82 Å². The lowest BCUT2D eigenvalue weighted by molar-refractivity contribution is 1.18. The Morgan fingerprint density at radius 2 is 1.15 bits per heavy atom. The van der Waals surface area contributed by atoms with E-state index in [9.17, 15) is 0 Å². The van der Waals surface area contributed by atoms with Gasteiger partial charge in [0.1, 0.15) is 0 Å². The molecule has 3 heterocycles. The molecule has 0 saturated carbocycles. The first kappa shape index (κ1) is 28.4. The molecule has 0 aliphatic rings. The molecular formula is C42H28N4S. The molecule has 0 bridgehead atoms. The molecule has 6 aromatic carbocycles.